The van der Waals surface area contributed by atoms with Crippen molar-refractivity contribution in [3.63, 3.8) is 0 Å². The predicted molar refractivity (Wildman–Crippen MR) is 116 cm³/mol. The van der Waals surface area contributed by atoms with Crippen LogP contribution in [0, 0.1) is 0 Å². The molecule has 0 unspecified atom stereocenters. The number of nitrogens with one attached hydrogen (secondary N) is 2. The van der Waals surface area contributed by atoms with Crippen LogP contribution >= 0.6 is 11.6 Å². The molecular weight excluding hydrogens is 392 g/mol. The molecule has 0 spiro atoms. The molecule has 6 nitrogen and oxygen atoms in total. The van der Waals surface area contributed by atoms with E-state index in [9.17, 15) is 9.59 Å². The standard InChI is InChI=1S/C22H25ClN2O4/c1-5-24-22(27)16-7-6-8-17(13-16)25-20(26)10-9-15-11-18(23)21(29-14(2)3)19(12-15)28-4/h6-14H,5H2,1-4H3,(H,24,27)(H,25,26)/b10-9+. The lowest BCUT2D eigenvalue weighted by molar-refractivity contribution is -0.111. The van der Waals surface area contributed by atoms with E-state index in [-0.39, 0.29) is 17.9 Å². The van der Waals surface area contributed by atoms with Crippen LogP contribution in [0.3, 0.4) is 0 Å². The van der Waals surface area contributed by atoms with Crippen LogP contribution in [0.4, 0.5) is 5.69 Å². The van der Waals surface area contributed by atoms with Crippen molar-refractivity contribution < 1.29 is 19.1 Å². The summed E-state index contributed by atoms with van der Waals surface area (Å²) in [6.45, 7) is 6.17. The van der Waals surface area contributed by atoms with E-state index in [1.54, 1.807) is 42.5 Å². The van der Waals surface area contributed by atoms with Gasteiger partial charge in [0.1, 0.15) is 0 Å². The van der Waals surface area contributed by atoms with Crippen molar-refractivity contribution >= 4 is 35.2 Å². The Hall–Kier alpha value is -2.99. The highest BCUT2D eigenvalue weighted by atomic mass is 35.5. The molecule has 0 aliphatic heterocycles. The summed E-state index contributed by atoms with van der Waals surface area (Å²) in [5.41, 5.74) is 1.69. The quantitative estimate of drug-likeness (QED) is 0.619. The molecule has 0 saturated heterocycles. The molecule has 0 fully saturated rings. The number of hydrogen-bond acceptors (Lipinski definition) is 4. The molecule has 2 aromatic carbocycles. The third-order valence-corrected chi connectivity index (χ3v) is 4.04. The molecule has 2 amide bonds. The number of methoxy groups -OCH3 is 1. The fourth-order valence-electron chi connectivity index (χ4n) is 2.54. The van der Waals surface area contributed by atoms with Gasteiger partial charge in [-0.15, -0.1) is 0 Å². The second-order valence-electron chi connectivity index (χ2n) is 6.46. The zero-order valence-corrected chi connectivity index (χ0v) is 17.7. The van der Waals surface area contributed by atoms with Crippen molar-refractivity contribution in [1.29, 1.82) is 0 Å². The van der Waals surface area contributed by atoms with E-state index in [4.69, 9.17) is 21.1 Å². The van der Waals surface area contributed by atoms with Crippen LogP contribution in [-0.4, -0.2) is 31.6 Å². The highest BCUT2D eigenvalue weighted by Crippen LogP contribution is 2.37. The lowest BCUT2D eigenvalue weighted by atomic mass is 10.1. The number of rotatable bonds is 8. The van der Waals surface area contributed by atoms with Gasteiger partial charge in [-0.1, -0.05) is 17.7 Å². The maximum absolute atomic E-state index is 12.3. The number of amides is 2. The topological polar surface area (TPSA) is 76.7 Å². The Labute approximate surface area is 175 Å². The second-order valence-corrected chi connectivity index (χ2v) is 6.87. The fraction of sp³-hybridized carbons (Fsp3) is 0.273. The Bertz CT molecular complexity index is 910. The average Bonchev–Trinajstić information content (AvgIpc) is 2.68. The van der Waals surface area contributed by atoms with Crippen molar-refractivity contribution in [2.75, 3.05) is 19.0 Å². The van der Waals surface area contributed by atoms with Crippen molar-refractivity contribution in [2.45, 2.75) is 26.9 Å². The molecule has 0 aliphatic rings. The summed E-state index contributed by atoms with van der Waals surface area (Å²) in [4.78, 5) is 24.2. The van der Waals surface area contributed by atoms with Crippen molar-refractivity contribution in [3.05, 3.63) is 58.6 Å². The van der Waals surface area contributed by atoms with Crippen LogP contribution < -0.4 is 20.1 Å². The predicted octanol–water partition coefficient (Wildman–Crippen LogP) is 4.54. The lowest BCUT2D eigenvalue weighted by Crippen LogP contribution is -2.22. The number of ether oxygens (including phenoxy) is 2. The van der Waals surface area contributed by atoms with Crippen molar-refractivity contribution in [3.8, 4) is 11.5 Å². The van der Waals surface area contributed by atoms with Gasteiger partial charge in [-0.3, -0.25) is 9.59 Å². The van der Waals surface area contributed by atoms with Gasteiger partial charge in [0.15, 0.2) is 11.5 Å². The lowest BCUT2D eigenvalue weighted by Gasteiger charge is -2.15. The molecule has 2 aromatic rings. The van der Waals surface area contributed by atoms with Crippen molar-refractivity contribution in [1.82, 2.24) is 5.32 Å². The molecule has 7 heteroatoms. The first-order valence-electron chi connectivity index (χ1n) is 9.25. The first-order chi connectivity index (χ1) is 13.8. The molecule has 0 heterocycles. The molecule has 2 rings (SSSR count). The highest BCUT2D eigenvalue weighted by molar-refractivity contribution is 6.32. The van der Waals surface area contributed by atoms with Crippen LogP contribution in [0.2, 0.25) is 5.02 Å². The van der Waals surface area contributed by atoms with Gasteiger partial charge in [0.2, 0.25) is 5.91 Å². The van der Waals surface area contributed by atoms with Crippen LogP contribution in [-0.2, 0) is 4.79 Å². The summed E-state index contributed by atoms with van der Waals surface area (Å²) in [6.07, 6.45) is 2.95. The maximum atomic E-state index is 12.3. The molecule has 0 aromatic heterocycles. The Balaban J connectivity index is 2.12. The number of halogens is 1. The number of benzene rings is 2. The van der Waals surface area contributed by atoms with Gasteiger partial charge in [-0.2, -0.15) is 0 Å². The first kappa shape index (κ1) is 22.3. The third-order valence-electron chi connectivity index (χ3n) is 3.76. The number of carbonyl (C=O) groups excluding carboxylic acids is 2. The molecule has 2 N–H and O–H groups in total. The smallest absolute Gasteiger partial charge is 0.251 e. The number of anilines is 1. The van der Waals surface area contributed by atoms with E-state index in [2.05, 4.69) is 10.6 Å². The molecule has 0 atom stereocenters. The summed E-state index contributed by atoms with van der Waals surface area (Å²) in [5, 5.41) is 5.85. The summed E-state index contributed by atoms with van der Waals surface area (Å²) in [7, 11) is 1.53. The van der Waals surface area contributed by atoms with Gasteiger partial charge in [0, 0.05) is 23.9 Å². The minimum absolute atomic E-state index is 0.0521. The van der Waals surface area contributed by atoms with Gasteiger partial charge in [0.25, 0.3) is 5.91 Å². The molecular formula is C22H25ClN2O4. The molecule has 0 saturated carbocycles. The summed E-state index contributed by atoms with van der Waals surface area (Å²) >= 11 is 6.30. The zero-order valence-electron chi connectivity index (χ0n) is 16.9. The van der Waals surface area contributed by atoms with Gasteiger partial charge in [-0.05, 0) is 62.7 Å². The van der Waals surface area contributed by atoms with Gasteiger partial charge in [-0.25, -0.2) is 0 Å². The SMILES string of the molecule is CCNC(=O)c1cccc(NC(=O)/C=C/c2cc(Cl)c(OC(C)C)c(OC)c2)c1. The summed E-state index contributed by atoms with van der Waals surface area (Å²) in [6, 6.07) is 10.2. The first-order valence-corrected chi connectivity index (χ1v) is 9.63. The van der Waals surface area contributed by atoms with Crippen LogP contribution in [0.1, 0.15) is 36.7 Å². The summed E-state index contributed by atoms with van der Waals surface area (Å²) in [5.74, 6) is 0.425. The third kappa shape index (κ3) is 6.54. The van der Waals surface area contributed by atoms with Gasteiger partial charge < -0.3 is 20.1 Å². The van der Waals surface area contributed by atoms with E-state index >= 15 is 0 Å². The molecule has 154 valence electrons. The zero-order chi connectivity index (χ0) is 21.4. The summed E-state index contributed by atoms with van der Waals surface area (Å²) < 4.78 is 11.0. The Kier molecular flexibility index (Phi) is 8.09. The largest absolute Gasteiger partial charge is 0.493 e. The van der Waals surface area contributed by atoms with E-state index < -0.39 is 0 Å². The van der Waals surface area contributed by atoms with Crippen molar-refractivity contribution in [2.24, 2.45) is 0 Å². The Morgan fingerprint density at radius 1 is 1.21 bits per heavy atom. The second kappa shape index (κ2) is 10.5. The molecule has 0 bridgehead atoms. The fourth-order valence-corrected chi connectivity index (χ4v) is 2.81. The molecule has 29 heavy (non-hydrogen) atoms. The number of carbonyl (C=O) groups is 2. The molecule has 0 aliphatic carbocycles. The highest BCUT2D eigenvalue weighted by Gasteiger charge is 2.13. The van der Waals surface area contributed by atoms with E-state index in [1.165, 1.54) is 13.2 Å². The average molecular weight is 417 g/mol. The monoisotopic (exact) mass is 416 g/mol. The van der Waals surface area contributed by atoms with Crippen LogP contribution in [0.15, 0.2) is 42.5 Å². The van der Waals surface area contributed by atoms with E-state index in [1.807, 2.05) is 20.8 Å². The minimum Gasteiger partial charge on any atom is -0.493 e. The van der Waals surface area contributed by atoms with Crippen LogP contribution in [0.25, 0.3) is 6.08 Å². The van der Waals surface area contributed by atoms with Gasteiger partial charge in [0.05, 0.1) is 18.2 Å². The number of hydrogen-bond donors (Lipinski definition) is 2. The normalized spacial score (nSPS) is 10.8. The van der Waals surface area contributed by atoms with E-state index in [0.29, 0.717) is 39.9 Å². The maximum Gasteiger partial charge on any atom is 0.251 e. The van der Waals surface area contributed by atoms with E-state index in [0.717, 1.165) is 0 Å². The minimum atomic E-state index is -0.337. The Morgan fingerprint density at radius 3 is 2.62 bits per heavy atom. The van der Waals surface area contributed by atoms with Crippen LogP contribution in [0.5, 0.6) is 11.5 Å². The molecule has 0 radical (unpaired) electrons. The van der Waals surface area contributed by atoms with Gasteiger partial charge >= 0.3 is 0 Å². The Morgan fingerprint density at radius 2 is 1.97 bits per heavy atom.